The van der Waals surface area contributed by atoms with Crippen LogP contribution in [0.5, 0.6) is 5.75 Å². The van der Waals surface area contributed by atoms with Crippen molar-refractivity contribution < 1.29 is 19.0 Å². The molecule has 0 bridgehead atoms. The molecule has 3 rings (SSSR count). The average Bonchev–Trinajstić information content (AvgIpc) is 3.03. The first-order valence-electron chi connectivity index (χ1n) is 7.42. The molecule has 0 aliphatic heterocycles. The van der Waals surface area contributed by atoms with Gasteiger partial charge < -0.3 is 15.2 Å². The summed E-state index contributed by atoms with van der Waals surface area (Å²) >= 11 is 11.6. The summed E-state index contributed by atoms with van der Waals surface area (Å²) in [5.74, 6) is -0.874. The van der Waals surface area contributed by atoms with Gasteiger partial charge in [0.2, 0.25) is 0 Å². The second kappa shape index (κ2) is 8.30. The van der Waals surface area contributed by atoms with Crippen LogP contribution in [-0.4, -0.2) is 18.2 Å². The number of anilines is 2. The zero-order valence-corrected chi connectivity index (χ0v) is 19.2. The Hall–Kier alpha value is -1.42. The van der Waals surface area contributed by atoms with Gasteiger partial charge in [-0.15, -0.1) is 11.3 Å². The number of hydrogen-bond acceptors (Lipinski definition) is 4. The molecule has 0 radical (unpaired) electrons. The molecule has 1 aromatic heterocycles. The zero-order chi connectivity index (χ0) is 19.7. The Balaban J connectivity index is 2.09. The number of carbonyl (C=O) groups is 1. The number of rotatable bonds is 5. The van der Waals surface area contributed by atoms with E-state index in [9.17, 15) is 14.3 Å². The minimum atomic E-state index is -1.07. The first-order chi connectivity index (χ1) is 12.8. The van der Waals surface area contributed by atoms with Crippen molar-refractivity contribution >= 4 is 75.8 Å². The summed E-state index contributed by atoms with van der Waals surface area (Å²) in [7, 11) is 1.54. The molecule has 3 aromatic rings. The average molecular weight is 580 g/mol. The number of hydrogen-bond donors (Lipinski definition) is 2. The van der Waals surface area contributed by atoms with E-state index >= 15 is 0 Å². The molecule has 140 valence electrons. The van der Waals surface area contributed by atoms with Gasteiger partial charge >= 0.3 is 5.97 Å². The van der Waals surface area contributed by atoms with Crippen molar-refractivity contribution in [2.24, 2.45) is 0 Å². The van der Waals surface area contributed by atoms with E-state index in [1.54, 1.807) is 30.7 Å². The summed E-state index contributed by atoms with van der Waals surface area (Å²) in [6.45, 7) is 0. The van der Waals surface area contributed by atoms with E-state index in [4.69, 9.17) is 4.74 Å². The van der Waals surface area contributed by atoms with Crippen molar-refractivity contribution in [3.63, 3.8) is 0 Å². The van der Waals surface area contributed by atoms with Gasteiger partial charge in [-0.05, 0) is 71.6 Å². The maximum Gasteiger partial charge on any atom is 0.339 e. The van der Waals surface area contributed by atoms with E-state index in [-0.39, 0.29) is 11.4 Å². The Labute approximate surface area is 183 Å². The molecule has 0 amide bonds. The van der Waals surface area contributed by atoms with Crippen LogP contribution in [0, 0.1) is 5.82 Å². The van der Waals surface area contributed by atoms with Gasteiger partial charge in [0.25, 0.3) is 0 Å². The van der Waals surface area contributed by atoms with Gasteiger partial charge in [-0.25, -0.2) is 9.18 Å². The monoisotopic (exact) mass is 577 g/mol. The maximum absolute atomic E-state index is 13.2. The van der Waals surface area contributed by atoms with Gasteiger partial charge in [-0.3, -0.25) is 0 Å². The molecule has 0 unspecified atom stereocenters. The molecule has 4 nitrogen and oxygen atoms in total. The highest BCUT2D eigenvalue weighted by Gasteiger charge is 2.22. The molecular weight excluding hydrogens is 569 g/mol. The molecule has 1 heterocycles. The Bertz CT molecular complexity index is 1020. The van der Waals surface area contributed by atoms with Gasteiger partial charge in [0.05, 0.1) is 21.7 Å². The van der Waals surface area contributed by atoms with Crippen molar-refractivity contribution in [1.29, 1.82) is 0 Å². The lowest BCUT2D eigenvalue weighted by molar-refractivity contribution is 0.0699. The molecule has 0 fully saturated rings. The van der Waals surface area contributed by atoms with Crippen LogP contribution in [0.1, 0.15) is 10.4 Å². The lowest BCUT2D eigenvalue weighted by atomic mass is 10.0. The second-order valence-electron chi connectivity index (χ2n) is 5.35. The number of carboxylic acids is 1. The highest BCUT2D eigenvalue weighted by atomic mass is 79.9. The van der Waals surface area contributed by atoms with Gasteiger partial charge in [-0.2, -0.15) is 0 Å². The minimum absolute atomic E-state index is 0.118. The predicted molar refractivity (Wildman–Crippen MR) is 116 cm³/mol. The number of methoxy groups -OCH3 is 1. The highest BCUT2D eigenvalue weighted by molar-refractivity contribution is 9.11. The molecular formula is C18H11Br3FNO3S. The van der Waals surface area contributed by atoms with Gasteiger partial charge in [-0.1, -0.05) is 12.1 Å². The fraction of sp³-hybridized carbons (Fsp3) is 0.0556. The summed E-state index contributed by atoms with van der Waals surface area (Å²) in [5, 5.41) is 15.1. The first kappa shape index (κ1) is 20.3. The number of carboxylic acid groups (broad SMARTS) is 1. The number of nitrogens with one attached hydrogen (secondary N) is 1. The number of aromatic carboxylic acids is 1. The Morgan fingerprint density at radius 3 is 2.44 bits per heavy atom. The van der Waals surface area contributed by atoms with Crippen LogP contribution in [0.25, 0.3) is 11.1 Å². The molecule has 2 aromatic carbocycles. The number of halogens is 4. The molecule has 0 atom stereocenters. The standard InChI is InChI=1S/C18H11Br3FNO3S/c1-26-16-12(20)6-11(19)15(14(16)21)23-17-13(18(24)25)10(7-27-17)8-2-4-9(22)5-3-8/h2-7,23H,1H3,(H,24,25). The van der Waals surface area contributed by atoms with Crippen molar-refractivity contribution in [2.45, 2.75) is 0 Å². The van der Waals surface area contributed by atoms with E-state index in [0.29, 0.717) is 32.0 Å². The van der Waals surface area contributed by atoms with Gasteiger partial charge in [0.1, 0.15) is 22.1 Å². The third kappa shape index (κ3) is 4.06. The quantitative estimate of drug-likeness (QED) is 0.333. The number of thiophene rings is 1. The van der Waals surface area contributed by atoms with E-state index < -0.39 is 5.97 Å². The van der Waals surface area contributed by atoms with Crippen LogP contribution in [0.3, 0.4) is 0 Å². The topological polar surface area (TPSA) is 58.6 Å². The Morgan fingerprint density at radius 2 is 1.85 bits per heavy atom. The van der Waals surface area contributed by atoms with Crippen molar-refractivity contribution in [1.82, 2.24) is 0 Å². The van der Waals surface area contributed by atoms with Crippen LogP contribution in [0.4, 0.5) is 15.1 Å². The molecule has 27 heavy (non-hydrogen) atoms. The van der Waals surface area contributed by atoms with E-state index in [1.807, 2.05) is 0 Å². The highest BCUT2D eigenvalue weighted by Crippen LogP contribution is 2.46. The molecule has 0 aliphatic rings. The normalized spacial score (nSPS) is 10.7. The summed E-state index contributed by atoms with van der Waals surface area (Å²) < 4.78 is 20.7. The van der Waals surface area contributed by atoms with E-state index in [2.05, 4.69) is 53.1 Å². The molecule has 0 aliphatic carbocycles. The van der Waals surface area contributed by atoms with Crippen LogP contribution >= 0.6 is 59.1 Å². The largest absolute Gasteiger partial charge is 0.494 e. The maximum atomic E-state index is 13.2. The molecule has 0 saturated heterocycles. The summed E-state index contributed by atoms with van der Waals surface area (Å²) in [6, 6.07) is 7.53. The summed E-state index contributed by atoms with van der Waals surface area (Å²) in [4.78, 5) is 11.9. The van der Waals surface area contributed by atoms with Crippen LogP contribution in [0.2, 0.25) is 0 Å². The van der Waals surface area contributed by atoms with Crippen molar-refractivity contribution in [3.05, 3.63) is 60.5 Å². The lowest BCUT2D eigenvalue weighted by Crippen LogP contribution is -2.02. The van der Waals surface area contributed by atoms with Crippen molar-refractivity contribution in [2.75, 3.05) is 12.4 Å². The molecule has 2 N–H and O–H groups in total. The first-order valence-corrected chi connectivity index (χ1v) is 10.7. The minimum Gasteiger partial charge on any atom is -0.494 e. The summed E-state index contributed by atoms with van der Waals surface area (Å²) in [6.07, 6.45) is 0. The van der Waals surface area contributed by atoms with Crippen LogP contribution < -0.4 is 10.1 Å². The SMILES string of the molecule is COc1c(Br)cc(Br)c(Nc2scc(-c3ccc(F)cc3)c2C(=O)O)c1Br. The van der Waals surface area contributed by atoms with Gasteiger partial charge in [0, 0.05) is 15.4 Å². The smallest absolute Gasteiger partial charge is 0.339 e. The fourth-order valence-electron chi connectivity index (χ4n) is 2.49. The fourth-order valence-corrected chi connectivity index (χ4v) is 6.10. The zero-order valence-electron chi connectivity index (χ0n) is 13.6. The van der Waals surface area contributed by atoms with E-state index in [1.165, 1.54) is 23.5 Å². The Kier molecular flexibility index (Phi) is 6.25. The predicted octanol–water partition coefficient (Wildman–Crippen LogP) is 7.29. The third-order valence-corrected chi connectivity index (χ3v) is 6.60. The number of ether oxygens (including phenoxy) is 1. The molecule has 0 spiro atoms. The summed E-state index contributed by atoms with van der Waals surface area (Å²) in [5.41, 5.74) is 1.90. The van der Waals surface area contributed by atoms with Crippen LogP contribution in [-0.2, 0) is 0 Å². The van der Waals surface area contributed by atoms with Gasteiger partial charge in [0.15, 0.2) is 0 Å². The third-order valence-electron chi connectivity index (χ3n) is 3.73. The van der Waals surface area contributed by atoms with Crippen molar-refractivity contribution in [3.8, 4) is 16.9 Å². The Morgan fingerprint density at radius 1 is 1.19 bits per heavy atom. The lowest BCUT2D eigenvalue weighted by Gasteiger charge is -2.15. The molecule has 0 saturated carbocycles. The molecule has 9 heteroatoms. The van der Waals surface area contributed by atoms with E-state index in [0.717, 1.165) is 8.95 Å². The van der Waals surface area contributed by atoms with Crippen LogP contribution in [0.15, 0.2) is 49.1 Å². The second-order valence-corrected chi connectivity index (χ2v) is 8.73. The number of benzene rings is 2.